The number of nitrogens with two attached hydrogens (primary N) is 1. The van der Waals surface area contributed by atoms with Gasteiger partial charge in [0.2, 0.25) is 23.8 Å². The number of fused-ring (bicyclic) bond motifs is 1. The maximum Gasteiger partial charge on any atom is 0.429 e. The van der Waals surface area contributed by atoms with Gasteiger partial charge in [0.25, 0.3) is 0 Å². The molecule has 2 aromatic carbocycles. The van der Waals surface area contributed by atoms with E-state index in [1.807, 2.05) is 23.1 Å². The Morgan fingerprint density at radius 1 is 1.09 bits per heavy atom. The average molecular weight is 611 g/mol. The van der Waals surface area contributed by atoms with Crippen molar-refractivity contribution in [1.29, 1.82) is 0 Å². The monoisotopic (exact) mass is 610 g/mol. The number of nitrogens with zero attached hydrogens (tertiary/aromatic N) is 4. The number of nitrogen functional groups attached to an aromatic ring is 1. The molecule has 3 aliphatic rings. The molecule has 0 bridgehead atoms. The number of aryl methyl sites for hydroxylation is 1. The second kappa shape index (κ2) is 11.3. The fourth-order valence-corrected chi connectivity index (χ4v) is 6.47. The molecule has 1 spiro atoms. The number of benzene rings is 2. The number of nitrogens with one attached hydrogen (secondary N) is 1. The molecule has 4 heterocycles. The third kappa shape index (κ3) is 5.88. The first-order chi connectivity index (χ1) is 20.9. The average Bonchev–Trinajstić information content (AvgIpc) is 3.41. The van der Waals surface area contributed by atoms with E-state index < -0.39 is 24.3 Å². The van der Waals surface area contributed by atoms with Crippen molar-refractivity contribution in [2.45, 2.75) is 50.4 Å². The van der Waals surface area contributed by atoms with Gasteiger partial charge in [0, 0.05) is 50.4 Å². The number of hydrogen-bond donors (Lipinski definition) is 3. The fraction of sp³-hybridized carbons (Fsp3) is 0.419. The largest absolute Gasteiger partial charge is 0.480 e. The number of rotatable bonds is 6. The Hall–Kier alpha value is -4.39. The van der Waals surface area contributed by atoms with Gasteiger partial charge < -0.3 is 30.7 Å². The molecule has 13 heteroatoms. The molecule has 3 aromatic rings. The number of halogens is 3. The highest BCUT2D eigenvalue weighted by Gasteiger charge is 2.45. The molecule has 0 unspecified atom stereocenters. The van der Waals surface area contributed by atoms with Crippen LogP contribution in [0.4, 0.5) is 30.6 Å². The highest BCUT2D eigenvalue weighted by atomic mass is 19.4. The van der Waals surface area contributed by atoms with Crippen LogP contribution in [0.2, 0.25) is 0 Å². The molecule has 2 saturated heterocycles. The highest BCUT2D eigenvalue weighted by Crippen LogP contribution is 2.42. The Balaban J connectivity index is 1.18. The number of carbonyl (C=O) groups is 2. The smallest absolute Gasteiger partial charge is 0.429 e. The second-order valence-electron chi connectivity index (χ2n) is 11.8. The predicted octanol–water partition coefficient (Wildman–Crippen LogP) is 4.35. The van der Waals surface area contributed by atoms with Crippen LogP contribution in [0, 0.1) is 5.41 Å². The summed E-state index contributed by atoms with van der Waals surface area (Å²) < 4.78 is 48.3. The third-order valence-corrected chi connectivity index (χ3v) is 9.02. The molecule has 44 heavy (non-hydrogen) atoms. The molecule has 4 N–H and O–H groups in total. The molecule has 0 saturated carbocycles. The number of anilines is 3. The van der Waals surface area contributed by atoms with Crippen LogP contribution in [0.25, 0.3) is 11.1 Å². The first-order valence-electron chi connectivity index (χ1n) is 14.5. The van der Waals surface area contributed by atoms with E-state index in [1.54, 1.807) is 24.1 Å². The van der Waals surface area contributed by atoms with Gasteiger partial charge in [-0.25, -0.2) is 0 Å². The first-order valence-corrected chi connectivity index (χ1v) is 14.5. The molecule has 0 aliphatic carbocycles. The van der Waals surface area contributed by atoms with Gasteiger partial charge in [-0.1, -0.05) is 30.3 Å². The lowest BCUT2D eigenvalue weighted by Gasteiger charge is -2.39. The molecule has 1 aromatic heterocycles. The van der Waals surface area contributed by atoms with Crippen molar-refractivity contribution in [3.05, 3.63) is 59.7 Å². The van der Waals surface area contributed by atoms with E-state index in [0.29, 0.717) is 57.6 Å². The Labute approximate surface area is 252 Å². The van der Waals surface area contributed by atoms with E-state index in [4.69, 9.17) is 10.5 Å². The van der Waals surface area contributed by atoms with Gasteiger partial charge in [0.05, 0.1) is 0 Å². The van der Waals surface area contributed by atoms with E-state index in [1.165, 1.54) is 18.2 Å². The summed E-state index contributed by atoms with van der Waals surface area (Å²) in [6, 6.07) is 12.5. The number of carbonyl (C=O) groups excluding carboxylic acids is 1. The van der Waals surface area contributed by atoms with E-state index in [0.717, 1.165) is 22.4 Å². The Morgan fingerprint density at radius 3 is 2.45 bits per heavy atom. The second-order valence-corrected chi connectivity index (χ2v) is 11.8. The summed E-state index contributed by atoms with van der Waals surface area (Å²) in [6.07, 6.45) is -4.05. The van der Waals surface area contributed by atoms with Crippen LogP contribution in [-0.2, 0) is 16.0 Å². The van der Waals surface area contributed by atoms with Gasteiger partial charge in [0.1, 0.15) is 11.9 Å². The number of carboxylic acid groups (broad SMARTS) is 1. The summed E-state index contributed by atoms with van der Waals surface area (Å²) >= 11 is 0. The Morgan fingerprint density at radius 2 is 1.80 bits per heavy atom. The number of piperidine rings is 1. The summed E-state index contributed by atoms with van der Waals surface area (Å²) in [6.45, 7) is 1.70. The molecule has 232 valence electrons. The van der Waals surface area contributed by atoms with Crippen molar-refractivity contribution in [1.82, 2.24) is 15.3 Å². The molecular weight excluding hydrogens is 577 g/mol. The van der Waals surface area contributed by atoms with Gasteiger partial charge >= 0.3 is 12.1 Å². The normalized spacial score (nSPS) is 20.5. The van der Waals surface area contributed by atoms with Crippen LogP contribution in [0.5, 0.6) is 5.88 Å². The van der Waals surface area contributed by atoms with Crippen molar-refractivity contribution in [3.63, 3.8) is 0 Å². The lowest BCUT2D eigenvalue weighted by atomic mass is 9.76. The van der Waals surface area contributed by atoms with Crippen LogP contribution in [-0.4, -0.2) is 65.9 Å². The lowest BCUT2D eigenvalue weighted by Crippen LogP contribution is -2.41. The van der Waals surface area contributed by atoms with Crippen LogP contribution < -0.4 is 25.6 Å². The van der Waals surface area contributed by atoms with E-state index in [9.17, 15) is 27.9 Å². The number of aliphatic carboxylic acids is 1. The van der Waals surface area contributed by atoms with Crippen molar-refractivity contribution >= 4 is 29.3 Å². The molecule has 1 amide bonds. The summed E-state index contributed by atoms with van der Waals surface area (Å²) in [5.41, 5.74) is 9.09. The first kappa shape index (κ1) is 29.7. The van der Waals surface area contributed by atoms with Crippen molar-refractivity contribution in [2.75, 3.05) is 42.2 Å². The zero-order chi connectivity index (χ0) is 31.2. The van der Waals surface area contributed by atoms with Gasteiger partial charge in [-0.05, 0) is 59.9 Å². The molecule has 10 nitrogen and oxygen atoms in total. The molecule has 3 aliphatic heterocycles. The van der Waals surface area contributed by atoms with E-state index >= 15 is 0 Å². The van der Waals surface area contributed by atoms with Crippen LogP contribution in [0.3, 0.4) is 0 Å². The lowest BCUT2D eigenvalue weighted by molar-refractivity contribution is -0.198. The van der Waals surface area contributed by atoms with Gasteiger partial charge in [-0.2, -0.15) is 23.1 Å². The van der Waals surface area contributed by atoms with E-state index in [-0.39, 0.29) is 28.7 Å². The van der Waals surface area contributed by atoms with Crippen molar-refractivity contribution < 1.29 is 32.6 Å². The molecular formula is C31H33F3N6O4. The summed E-state index contributed by atoms with van der Waals surface area (Å²) in [7, 11) is 1.73. The zero-order valence-corrected chi connectivity index (χ0v) is 24.1. The molecule has 0 radical (unpaired) electrons. The van der Waals surface area contributed by atoms with Crippen molar-refractivity contribution in [2.24, 2.45) is 5.41 Å². The minimum atomic E-state index is -4.74. The quantitative estimate of drug-likeness (QED) is 0.373. The van der Waals surface area contributed by atoms with Gasteiger partial charge in [0.15, 0.2) is 0 Å². The minimum Gasteiger partial charge on any atom is -0.480 e. The molecule has 2 atom stereocenters. The number of amides is 1. The fourth-order valence-electron chi connectivity index (χ4n) is 6.47. The predicted molar refractivity (Wildman–Crippen MR) is 157 cm³/mol. The SMILES string of the molecule is CN1C(=O)CCc2cc(-c3ccc([C@@H](Oc4cc(N5CCC6(CC5)CN[C@H](C(=O)O)C6)nc(N)n4)C(F)(F)F)cc3)ccc21. The Kier molecular flexibility index (Phi) is 7.60. The summed E-state index contributed by atoms with van der Waals surface area (Å²) in [5.74, 6) is -0.955. The Bertz CT molecular complexity index is 1570. The standard InChI is InChI=1S/C31H33F3N6O4/c1-39-23-8-6-20(14-21(23)7-9-26(39)41)18-2-4-19(5-3-18)27(31(32,33)34)44-25-15-24(37-29(35)38-25)40-12-10-30(11-13-40)16-22(28(42)43)36-17-30/h2-6,8,14-15,22,27,36H,7,9-13,16-17H2,1H3,(H,42,43)(H2,35,37,38)/t22-,27+/m0/s1. The maximum atomic E-state index is 14.3. The number of hydrogen-bond acceptors (Lipinski definition) is 8. The van der Waals surface area contributed by atoms with Gasteiger partial charge in [-0.15, -0.1) is 0 Å². The van der Waals surface area contributed by atoms with Crippen LogP contribution >= 0.6 is 0 Å². The molecule has 6 rings (SSSR count). The van der Waals surface area contributed by atoms with Crippen LogP contribution in [0.1, 0.15) is 42.9 Å². The van der Waals surface area contributed by atoms with E-state index in [2.05, 4.69) is 15.3 Å². The highest BCUT2D eigenvalue weighted by molar-refractivity contribution is 5.96. The summed E-state index contributed by atoms with van der Waals surface area (Å²) in [5, 5.41) is 12.4. The number of carboxylic acids is 1. The summed E-state index contributed by atoms with van der Waals surface area (Å²) in [4.78, 5) is 35.1. The maximum absolute atomic E-state index is 14.3. The third-order valence-electron chi connectivity index (χ3n) is 9.02. The number of aromatic nitrogens is 2. The minimum absolute atomic E-state index is 0.0481. The van der Waals surface area contributed by atoms with Gasteiger partial charge in [-0.3, -0.25) is 9.59 Å². The van der Waals surface area contributed by atoms with Crippen LogP contribution in [0.15, 0.2) is 48.5 Å². The number of ether oxygens (including phenoxy) is 1. The van der Waals surface area contributed by atoms with Crippen molar-refractivity contribution in [3.8, 4) is 17.0 Å². The molecule has 2 fully saturated rings. The number of alkyl halides is 3. The zero-order valence-electron chi connectivity index (χ0n) is 24.1. The topological polar surface area (TPSA) is 134 Å².